The maximum atomic E-state index is 10.5. The molecular formula is C13H13NO2. The van der Waals surface area contributed by atoms with Crippen molar-refractivity contribution in [3.05, 3.63) is 41.6 Å². The Morgan fingerprint density at radius 2 is 2.12 bits per heavy atom. The van der Waals surface area contributed by atoms with Crippen LogP contribution in [-0.2, 0) is 11.8 Å². The highest BCUT2D eigenvalue weighted by Gasteiger charge is 2.03. The molecule has 82 valence electrons. The fourth-order valence-electron chi connectivity index (χ4n) is 1.81. The smallest absolute Gasteiger partial charge is 0.328 e. The number of carbonyl (C=O) groups is 1. The summed E-state index contributed by atoms with van der Waals surface area (Å²) in [5.74, 6) is -0.929. The molecule has 0 atom stereocenters. The number of aliphatic carboxylic acids is 1. The van der Waals surface area contributed by atoms with E-state index in [4.69, 9.17) is 5.11 Å². The maximum Gasteiger partial charge on any atom is 0.328 e. The summed E-state index contributed by atoms with van der Waals surface area (Å²) in [4.78, 5) is 10.5. The van der Waals surface area contributed by atoms with Crippen LogP contribution in [0.3, 0.4) is 0 Å². The minimum atomic E-state index is -0.929. The van der Waals surface area contributed by atoms with Gasteiger partial charge in [-0.05, 0) is 31.2 Å². The number of aryl methyl sites for hydroxylation is 2. The van der Waals surface area contributed by atoms with E-state index in [-0.39, 0.29) is 0 Å². The molecule has 0 radical (unpaired) electrons. The lowest BCUT2D eigenvalue weighted by molar-refractivity contribution is -0.131. The van der Waals surface area contributed by atoms with Crippen molar-refractivity contribution in [2.45, 2.75) is 6.92 Å². The number of carboxylic acids is 1. The molecule has 2 aromatic rings. The Bertz CT molecular complexity index is 579. The SMILES string of the molecule is Cc1ccc2c(c1)cc(/C=C/C(=O)O)n2C. The number of fused-ring (bicyclic) bond motifs is 1. The van der Waals surface area contributed by atoms with Crippen LogP contribution in [0.2, 0.25) is 0 Å². The molecule has 0 aliphatic rings. The second-order valence-electron chi connectivity index (χ2n) is 3.86. The van der Waals surface area contributed by atoms with Crippen molar-refractivity contribution >= 4 is 22.9 Å². The van der Waals surface area contributed by atoms with Crippen LogP contribution in [0, 0.1) is 6.92 Å². The summed E-state index contributed by atoms with van der Waals surface area (Å²) in [6.07, 6.45) is 2.76. The molecule has 1 aromatic carbocycles. The molecule has 0 amide bonds. The largest absolute Gasteiger partial charge is 0.478 e. The molecule has 2 rings (SSSR count). The van der Waals surface area contributed by atoms with E-state index in [1.165, 1.54) is 5.56 Å². The summed E-state index contributed by atoms with van der Waals surface area (Å²) in [6.45, 7) is 2.04. The van der Waals surface area contributed by atoms with Gasteiger partial charge in [0.2, 0.25) is 0 Å². The van der Waals surface area contributed by atoms with Crippen molar-refractivity contribution in [3.8, 4) is 0 Å². The van der Waals surface area contributed by atoms with E-state index in [9.17, 15) is 4.79 Å². The molecule has 1 heterocycles. The van der Waals surface area contributed by atoms with Crippen molar-refractivity contribution in [1.29, 1.82) is 0 Å². The number of hydrogen-bond acceptors (Lipinski definition) is 1. The van der Waals surface area contributed by atoms with Gasteiger partial charge >= 0.3 is 5.97 Å². The van der Waals surface area contributed by atoms with E-state index in [2.05, 4.69) is 6.07 Å². The Labute approximate surface area is 93.6 Å². The van der Waals surface area contributed by atoms with Gasteiger partial charge in [-0.2, -0.15) is 0 Å². The molecule has 0 unspecified atom stereocenters. The van der Waals surface area contributed by atoms with Crippen LogP contribution in [0.4, 0.5) is 0 Å². The molecule has 3 heteroatoms. The van der Waals surface area contributed by atoms with E-state index >= 15 is 0 Å². The average Bonchev–Trinajstić information content (AvgIpc) is 2.52. The summed E-state index contributed by atoms with van der Waals surface area (Å²) in [7, 11) is 1.93. The van der Waals surface area contributed by atoms with Crippen molar-refractivity contribution in [3.63, 3.8) is 0 Å². The van der Waals surface area contributed by atoms with Gasteiger partial charge < -0.3 is 9.67 Å². The zero-order chi connectivity index (χ0) is 11.7. The highest BCUT2D eigenvalue weighted by atomic mass is 16.4. The second kappa shape index (κ2) is 3.85. The highest BCUT2D eigenvalue weighted by Crippen LogP contribution is 2.20. The van der Waals surface area contributed by atoms with Gasteiger partial charge in [0.15, 0.2) is 0 Å². The van der Waals surface area contributed by atoms with E-state index in [1.54, 1.807) is 6.08 Å². The average molecular weight is 215 g/mol. The first-order valence-electron chi connectivity index (χ1n) is 5.05. The number of hydrogen-bond donors (Lipinski definition) is 1. The lowest BCUT2D eigenvalue weighted by Crippen LogP contribution is -1.91. The molecule has 0 aliphatic heterocycles. The lowest BCUT2D eigenvalue weighted by Gasteiger charge is -1.99. The van der Waals surface area contributed by atoms with Gasteiger partial charge in [-0.1, -0.05) is 11.6 Å². The Hall–Kier alpha value is -2.03. The molecule has 0 saturated carbocycles. The molecule has 0 spiro atoms. The molecule has 0 aliphatic carbocycles. The van der Waals surface area contributed by atoms with Crippen LogP contribution in [0.15, 0.2) is 30.3 Å². The number of rotatable bonds is 2. The summed E-state index contributed by atoms with van der Waals surface area (Å²) in [5, 5.41) is 9.72. The summed E-state index contributed by atoms with van der Waals surface area (Å²) in [6, 6.07) is 8.17. The zero-order valence-electron chi connectivity index (χ0n) is 9.27. The number of aromatic nitrogens is 1. The molecule has 0 saturated heterocycles. The van der Waals surface area contributed by atoms with Gasteiger partial charge in [0.05, 0.1) is 0 Å². The molecule has 0 fully saturated rings. The molecule has 3 nitrogen and oxygen atoms in total. The monoisotopic (exact) mass is 215 g/mol. The summed E-state index contributed by atoms with van der Waals surface area (Å²) < 4.78 is 1.98. The zero-order valence-corrected chi connectivity index (χ0v) is 9.27. The van der Waals surface area contributed by atoms with E-state index in [0.29, 0.717) is 0 Å². The van der Waals surface area contributed by atoms with Crippen LogP contribution >= 0.6 is 0 Å². The Balaban J connectivity index is 2.55. The van der Waals surface area contributed by atoms with Crippen LogP contribution in [0.5, 0.6) is 0 Å². The van der Waals surface area contributed by atoms with E-state index in [0.717, 1.165) is 22.7 Å². The Morgan fingerprint density at radius 1 is 1.38 bits per heavy atom. The maximum absolute atomic E-state index is 10.5. The minimum Gasteiger partial charge on any atom is -0.478 e. The normalized spacial score (nSPS) is 11.4. The van der Waals surface area contributed by atoms with Crippen molar-refractivity contribution in [1.82, 2.24) is 4.57 Å². The van der Waals surface area contributed by atoms with Crippen molar-refractivity contribution in [2.24, 2.45) is 7.05 Å². The predicted molar refractivity (Wildman–Crippen MR) is 64.3 cm³/mol. The van der Waals surface area contributed by atoms with Gasteiger partial charge in [-0.3, -0.25) is 0 Å². The van der Waals surface area contributed by atoms with Gasteiger partial charge in [0, 0.05) is 29.7 Å². The van der Waals surface area contributed by atoms with E-state index < -0.39 is 5.97 Å². The van der Waals surface area contributed by atoms with Crippen LogP contribution < -0.4 is 0 Å². The molecule has 16 heavy (non-hydrogen) atoms. The number of carboxylic acid groups (broad SMARTS) is 1. The Kier molecular flexibility index (Phi) is 2.52. The molecule has 0 bridgehead atoms. The predicted octanol–water partition coefficient (Wildman–Crippen LogP) is 2.58. The summed E-state index contributed by atoms with van der Waals surface area (Å²) >= 11 is 0. The molecule has 1 N–H and O–H groups in total. The highest BCUT2D eigenvalue weighted by molar-refractivity contribution is 5.88. The lowest BCUT2D eigenvalue weighted by atomic mass is 10.2. The van der Waals surface area contributed by atoms with Gasteiger partial charge in [0.1, 0.15) is 0 Å². The fraction of sp³-hybridized carbons (Fsp3) is 0.154. The third-order valence-corrected chi connectivity index (χ3v) is 2.63. The van der Waals surface area contributed by atoms with Crippen LogP contribution in [-0.4, -0.2) is 15.6 Å². The van der Waals surface area contributed by atoms with Gasteiger partial charge in [-0.25, -0.2) is 4.79 Å². The minimum absolute atomic E-state index is 0.892. The third-order valence-electron chi connectivity index (χ3n) is 2.63. The topological polar surface area (TPSA) is 42.2 Å². The molecule has 1 aromatic heterocycles. The summed E-state index contributed by atoms with van der Waals surface area (Å²) in [5.41, 5.74) is 3.20. The van der Waals surface area contributed by atoms with Crippen molar-refractivity contribution < 1.29 is 9.90 Å². The first-order chi connectivity index (χ1) is 7.58. The number of benzene rings is 1. The second-order valence-corrected chi connectivity index (χ2v) is 3.86. The van der Waals surface area contributed by atoms with Gasteiger partial charge in [-0.15, -0.1) is 0 Å². The number of nitrogens with zero attached hydrogens (tertiary/aromatic N) is 1. The molecular weight excluding hydrogens is 202 g/mol. The fourth-order valence-corrected chi connectivity index (χ4v) is 1.81. The van der Waals surface area contributed by atoms with Crippen LogP contribution in [0.1, 0.15) is 11.3 Å². The van der Waals surface area contributed by atoms with Crippen molar-refractivity contribution in [2.75, 3.05) is 0 Å². The first kappa shape index (κ1) is 10.5. The van der Waals surface area contributed by atoms with Crippen LogP contribution in [0.25, 0.3) is 17.0 Å². The third kappa shape index (κ3) is 1.84. The van der Waals surface area contributed by atoms with E-state index in [1.807, 2.05) is 36.7 Å². The van der Waals surface area contributed by atoms with Gasteiger partial charge in [0.25, 0.3) is 0 Å². The Morgan fingerprint density at radius 3 is 2.81 bits per heavy atom. The quantitative estimate of drug-likeness (QED) is 0.782. The first-order valence-corrected chi connectivity index (χ1v) is 5.05. The standard InChI is InChI=1S/C13H13NO2/c1-9-3-5-12-10(7-9)8-11(14(12)2)4-6-13(15)16/h3-8H,1-2H3,(H,15,16)/b6-4+.